The molecule has 0 aliphatic carbocycles. The minimum Gasteiger partial charge on any atom is -0.462 e. The first-order valence-corrected chi connectivity index (χ1v) is 11.6. The van der Waals surface area contributed by atoms with Crippen molar-refractivity contribution in [2.45, 2.75) is 26.3 Å². The van der Waals surface area contributed by atoms with Crippen LogP contribution in [-0.2, 0) is 13.0 Å². The van der Waals surface area contributed by atoms with E-state index in [4.69, 9.17) is 15.6 Å². The van der Waals surface area contributed by atoms with Crippen LogP contribution in [0.1, 0.15) is 23.4 Å². The van der Waals surface area contributed by atoms with Crippen LogP contribution in [0.5, 0.6) is 11.8 Å². The Bertz CT molecular complexity index is 1750. The average Bonchev–Trinajstić information content (AvgIpc) is 3.09. The number of anilines is 1. The van der Waals surface area contributed by atoms with Gasteiger partial charge in [0.2, 0.25) is 0 Å². The molecule has 0 unspecified atom stereocenters. The molecular formula is C27H20FN7O2. The fourth-order valence-electron chi connectivity index (χ4n) is 4.75. The number of hydrogen-bond donors (Lipinski definition) is 2. The van der Waals surface area contributed by atoms with Gasteiger partial charge in [-0.2, -0.15) is 0 Å². The van der Waals surface area contributed by atoms with Crippen LogP contribution < -0.4 is 10.5 Å². The zero-order valence-electron chi connectivity index (χ0n) is 19.7. The summed E-state index contributed by atoms with van der Waals surface area (Å²) in [5, 5.41) is 9.66. The lowest BCUT2D eigenvalue weighted by molar-refractivity contribution is 0.410. The topological polar surface area (TPSA) is 125 Å². The van der Waals surface area contributed by atoms with Gasteiger partial charge in [0.1, 0.15) is 29.6 Å². The number of aromatic nitrogens is 6. The van der Waals surface area contributed by atoms with E-state index in [1.807, 2.05) is 12.2 Å². The second-order valence-electron chi connectivity index (χ2n) is 8.63. The van der Waals surface area contributed by atoms with Crippen LogP contribution in [-0.4, -0.2) is 34.6 Å². The fourth-order valence-corrected chi connectivity index (χ4v) is 4.75. The molecule has 182 valence electrons. The molecule has 5 aromatic rings. The molecule has 0 saturated heterocycles. The predicted octanol–water partition coefficient (Wildman–Crippen LogP) is 4.40. The number of aliphatic hydroxyl groups is 1. The number of nitrogens with two attached hydrogens (primary N) is 1. The van der Waals surface area contributed by atoms with Crippen molar-refractivity contribution in [2.75, 3.05) is 5.73 Å². The SMILES string of the molecule is Cc1ccnc(Oc2ccc(-c3c4n(c5ncnc(N)c35)CCCc3cc(C#CO)ncc3-4)cc2F)n1. The normalized spacial score (nSPS) is 12.3. The third-order valence-corrected chi connectivity index (χ3v) is 6.32. The van der Waals surface area contributed by atoms with E-state index >= 15 is 4.39 Å². The van der Waals surface area contributed by atoms with Crippen LogP contribution in [0.2, 0.25) is 0 Å². The standard InChI is InChI=1S/C27H20FN7O2/c1-15-6-8-30-27(34-15)37-21-5-4-17(12-20(21)28)22-23-25(29)32-14-33-26(23)35-9-2-3-16-11-18(7-10-36)31-13-19(16)24(22)35/h4-6,8,11-14,36H,2-3,9H2,1H3,(H2,29,32,33). The van der Waals surface area contributed by atoms with Gasteiger partial charge in [-0.25, -0.2) is 29.3 Å². The van der Waals surface area contributed by atoms with Gasteiger partial charge in [-0.3, -0.25) is 0 Å². The number of aryl methyl sites for hydroxylation is 3. The molecule has 5 heterocycles. The highest BCUT2D eigenvalue weighted by molar-refractivity contribution is 6.08. The van der Waals surface area contributed by atoms with Gasteiger partial charge in [0.25, 0.3) is 0 Å². The summed E-state index contributed by atoms with van der Waals surface area (Å²) >= 11 is 0. The number of nitrogen functional groups attached to an aromatic ring is 1. The summed E-state index contributed by atoms with van der Waals surface area (Å²) in [6.07, 6.45) is 8.23. The molecule has 1 aromatic carbocycles. The Morgan fingerprint density at radius 3 is 2.84 bits per heavy atom. The maximum atomic E-state index is 15.4. The Hall–Kier alpha value is -5.04. The molecule has 10 heteroatoms. The van der Waals surface area contributed by atoms with Crippen LogP contribution in [0, 0.1) is 24.8 Å². The molecule has 37 heavy (non-hydrogen) atoms. The number of rotatable bonds is 3. The van der Waals surface area contributed by atoms with Crippen molar-refractivity contribution in [2.24, 2.45) is 0 Å². The molecule has 0 bridgehead atoms. The summed E-state index contributed by atoms with van der Waals surface area (Å²) in [5.41, 5.74) is 12.2. The highest BCUT2D eigenvalue weighted by Gasteiger charge is 2.27. The summed E-state index contributed by atoms with van der Waals surface area (Å²) in [4.78, 5) is 21.4. The monoisotopic (exact) mass is 493 g/mol. The van der Waals surface area contributed by atoms with Gasteiger partial charge < -0.3 is 20.1 Å². The number of benzene rings is 1. The third kappa shape index (κ3) is 3.87. The maximum absolute atomic E-state index is 15.4. The quantitative estimate of drug-likeness (QED) is 0.354. The van der Waals surface area contributed by atoms with Crippen molar-refractivity contribution in [3.63, 3.8) is 0 Å². The zero-order chi connectivity index (χ0) is 25.5. The van der Waals surface area contributed by atoms with E-state index in [1.54, 1.807) is 37.5 Å². The molecule has 0 amide bonds. The van der Waals surface area contributed by atoms with E-state index in [-0.39, 0.29) is 11.8 Å². The second kappa shape index (κ2) is 8.87. The van der Waals surface area contributed by atoms with E-state index in [9.17, 15) is 0 Å². The van der Waals surface area contributed by atoms with Crippen molar-refractivity contribution < 1.29 is 14.2 Å². The maximum Gasteiger partial charge on any atom is 0.322 e. The molecule has 0 fully saturated rings. The molecule has 1 aliphatic rings. The largest absolute Gasteiger partial charge is 0.462 e. The molecule has 6 rings (SSSR count). The van der Waals surface area contributed by atoms with Crippen LogP contribution >= 0.6 is 0 Å². The number of hydrogen-bond acceptors (Lipinski definition) is 8. The van der Waals surface area contributed by atoms with Gasteiger partial charge in [-0.05, 0) is 61.1 Å². The Balaban J connectivity index is 1.56. The van der Waals surface area contributed by atoms with Gasteiger partial charge in [0.05, 0.1) is 11.1 Å². The van der Waals surface area contributed by atoms with E-state index in [1.165, 1.54) is 12.4 Å². The van der Waals surface area contributed by atoms with Crippen LogP contribution in [0.4, 0.5) is 10.2 Å². The molecule has 0 spiro atoms. The molecule has 4 aromatic heterocycles. The number of nitrogens with zero attached hydrogens (tertiary/aromatic N) is 6. The summed E-state index contributed by atoms with van der Waals surface area (Å²) < 4.78 is 23.1. The summed E-state index contributed by atoms with van der Waals surface area (Å²) in [5.74, 6) is 2.32. The third-order valence-electron chi connectivity index (χ3n) is 6.32. The van der Waals surface area contributed by atoms with Gasteiger partial charge in [0.15, 0.2) is 11.6 Å². The van der Waals surface area contributed by atoms with Crippen molar-refractivity contribution in [1.82, 2.24) is 29.5 Å². The minimum absolute atomic E-state index is 0.00228. The fraction of sp³-hybridized carbons (Fsp3) is 0.148. The Morgan fingerprint density at radius 2 is 2.03 bits per heavy atom. The molecule has 0 saturated carbocycles. The highest BCUT2D eigenvalue weighted by atomic mass is 19.1. The van der Waals surface area contributed by atoms with E-state index in [2.05, 4.69) is 35.4 Å². The van der Waals surface area contributed by atoms with Gasteiger partial charge in [-0.15, -0.1) is 0 Å². The van der Waals surface area contributed by atoms with E-state index < -0.39 is 5.82 Å². The van der Waals surface area contributed by atoms with Crippen molar-refractivity contribution in [3.05, 3.63) is 71.8 Å². The zero-order valence-corrected chi connectivity index (χ0v) is 19.7. The first kappa shape index (κ1) is 22.4. The van der Waals surface area contributed by atoms with E-state index in [0.717, 1.165) is 29.7 Å². The highest BCUT2D eigenvalue weighted by Crippen LogP contribution is 2.45. The number of halogens is 1. The average molecular weight is 494 g/mol. The minimum atomic E-state index is -0.577. The summed E-state index contributed by atoms with van der Waals surface area (Å²) in [6, 6.07) is 8.37. The number of ether oxygens (including phenoxy) is 1. The van der Waals surface area contributed by atoms with Gasteiger partial charge in [-0.1, -0.05) is 6.07 Å². The molecule has 1 aliphatic heterocycles. The van der Waals surface area contributed by atoms with Crippen molar-refractivity contribution >= 4 is 16.9 Å². The van der Waals surface area contributed by atoms with Gasteiger partial charge >= 0.3 is 6.01 Å². The Labute approximate surface area is 210 Å². The second-order valence-corrected chi connectivity index (χ2v) is 8.63. The first-order chi connectivity index (χ1) is 18.0. The number of fused-ring (bicyclic) bond motifs is 5. The summed E-state index contributed by atoms with van der Waals surface area (Å²) in [6.45, 7) is 2.47. The van der Waals surface area contributed by atoms with Crippen molar-refractivity contribution in [1.29, 1.82) is 0 Å². The van der Waals surface area contributed by atoms with Crippen LogP contribution in [0.15, 0.2) is 49.1 Å². The first-order valence-electron chi connectivity index (χ1n) is 11.6. The molecule has 9 nitrogen and oxygen atoms in total. The van der Waals surface area contributed by atoms with Crippen LogP contribution in [0.25, 0.3) is 33.4 Å². The predicted molar refractivity (Wildman–Crippen MR) is 135 cm³/mol. The smallest absolute Gasteiger partial charge is 0.322 e. The Kier molecular flexibility index (Phi) is 5.38. The molecular weight excluding hydrogens is 473 g/mol. The van der Waals surface area contributed by atoms with Gasteiger partial charge in [0, 0.05) is 35.8 Å². The molecule has 0 atom stereocenters. The molecule has 0 radical (unpaired) electrons. The van der Waals surface area contributed by atoms with Crippen LogP contribution in [0.3, 0.4) is 0 Å². The van der Waals surface area contributed by atoms with E-state index in [0.29, 0.717) is 45.9 Å². The summed E-state index contributed by atoms with van der Waals surface area (Å²) in [7, 11) is 0. The number of pyridine rings is 1. The lowest BCUT2D eigenvalue weighted by atomic mass is 9.95. The number of aliphatic hydroxyl groups excluding tert-OH is 1. The lowest BCUT2D eigenvalue weighted by Crippen LogP contribution is -2.00. The molecule has 3 N–H and O–H groups in total. The lowest BCUT2D eigenvalue weighted by Gasteiger charge is -2.12. The van der Waals surface area contributed by atoms with Crippen molar-refractivity contribution in [3.8, 4) is 46.2 Å². The Morgan fingerprint density at radius 1 is 1.14 bits per heavy atom.